The summed E-state index contributed by atoms with van der Waals surface area (Å²) in [6.07, 6.45) is 0. The fourth-order valence-electron chi connectivity index (χ4n) is 0.306. The fraction of sp³-hybridized carbons (Fsp3) is 0.667. The van der Waals surface area contributed by atoms with Crippen LogP contribution >= 0.6 is 0 Å². The standard InChI is InChI=1S/C6H10O3.K/c1-6(2,3)4(7)5(8)9;/h1-3H3,(H,8,9);/q;+1/p-1. The molecule has 0 atom stereocenters. The molecule has 0 aliphatic rings. The Kier molecular flexibility index (Phi) is 6.17. The normalized spacial score (nSPS) is 9.90. The van der Waals surface area contributed by atoms with E-state index in [9.17, 15) is 14.7 Å². The van der Waals surface area contributed by atoms with Crippen molar-refractivity contribution in [1.82, 2.24) is 0 Å². The van der Waals surface area contributed by atoms with E-state index in [-0.39, 0.29) is 51.4 Å². The Morgan fingerprint density at radius 3 is 1.50 bits per heavy atom. The summed E-state index contributed by atoms with van der Waals surface area (Å²) in [5.74, 6) is -2.47. The Labute approximate surface area is 103 Å². The van der Waals surface area contributed by atoms with Gasteiger partial charge in [0.15, 0.2) is 5.78 Å². The van der Waals surface area contributed by atoms with Crippen LogP contribution in [0.1, 0.15) is 20.8 Å². The van der Waals surface area contributed by atoms with Gasteiger partial charge in [0.25, 0.3) is 0 Å². The monoisotopic (exact) mass is 168 g/mol. The summed E-state index contributed by atoms with van der Waals surface area (Å²) in [5.41, 5.74) is -0.821. The second kappa shape index (κ2) is 4.61. The van der Waals surface area contributed by atoms with Gasteiger partial charge in [-0.3, -0.25) is 4.79 Å². The molecule has 0 aliphatic carbocycles. The van der Waals surface area contributed by atoms with Crippen molar-refractivity contribution < 1.29 is 66.1 Å². The molecule has 0 aromatic carbocycles. The minimum atomic E-state index is -1.61. The van der Waals surface area contributed by atoms with Gasteiger partial charge in [0.05, 0.1) is 0 Å². The molecular formula is C6H9KO3. The first kappa shape index (κ1) is 13.4. The van der Waals surface area contributed by atoms with E-state index < -0.39 is 17.2 Å². The van der Waals surface area contributed by atoms with Crippen LogP contribution in [0.25, 0.3) is 0 Å². The van der Waals surface area contributed by atoms with Crippen molar-refractivity contribution in [2.45, 2.75) is 20.8 Å². The molecule has 0 saturated heterocycles. The molecule has 0 aliphatic heterocycles. The number of hydrogen-bond donors (Lipinski definition) is 0. The summed E-state index contributed by atoms with van der Waals surface area (Å²) in [6, 6.07) is 0. The van der Waals surface area contributed by atoms with E-state index in [1.54, 1.807) is 0 Å². The number of carboxylic acid groups (broad SMARTS) is 1. The molecule has 0 amide bonds. The maximum atomic E-state index is 10.5. The summed E-state index contributed by atoms with van der Waals surface area (Å²) in [7, 11) is 0. The van der Waals surface area contributed by atoms with Crippen LogP contribution in [0, 0.1) is 5.41 Å². The number of carboxylic acids is 1. The molecule has 0 rings (SSSR count). The number of rotatable bonds is 1. The minimum absolute atomic E-state index is 0. The third-order valence-electron chi connectivity index (χ3n) is 0.867. The van der Waals surface area contributed by atoms with Gasteiger partial charge in [0.2, 0.25) is 0 Å². The fourth-order valence-corrected chi connectivity index (χ4v) is 0.306. The van der Waals surface area contributed by atoms with Crippen LogP contribution in [0.15, 0.2) is 0 Å². The van der Waals surface area contributed by atoms with Gasteiger partial charge < -0.3 is 9.90 Å². The van der Waals surface area contributed by atoms with Gasteiger partial charge in [-0.25, -0.2) is 0 Å². The van der Waals surface area contributed by atoms with Gasteiger partial charge in [-0.1, -0.05) is 20.8 Å². The first-order valence-corrected chi connectivity index (χ1v) is 2.61. The zero-order valence-corrected chi connectivity index (χ0v) is 9.85. The Bertz CT molecular complexity index is 146. The first-order valence-electron chi connectivity index (χ1n) is 2.61. The second-order valence-electron chi connectivity index (χ2n) is 2.87. The first-order chi connectivity index (χ1) is 3.85. The number of Topliss-reactive ketones (excluding diaryl/α,β-unsaturated/α-hetero) is 1. The Balaban J connectivity index is 0. The maximum absolute atomic E-state index is 10.5. The average Bonchev–Trinajstić information content (AvgIpc) is 1.62. The molecule has 3 nitrogen and oxygen atoms in total. The largest absolute Gasteiger partial charge is 1.00 e. The van der Waals surface area contributed by atoms with E-state index in [1.165, 1.54) is 20.8 Å². The van der Waals surface area contributed by atoms with E-state index in [0.717, 1.165) is 0 Å². The molecule has 0 radical (unpaired) electrons. The molecule has 52 valence electrons. The van der Waals surface area contributed by atoms with Gasteiger partial charge in [0, 0.05) is 5.41 Å². The van der Waals surface area contributed by atoms with Gasteiger partial charge in [-0.05, 0) is 0 Å². The number of ketones is 1. The van der Waals surface area contributed by atoms with Crippen LogP contribution in [0.5, 0.6) is 0 Å². The van der Waals surface area contributed by atoms with Crippen molar-refractivity contribution in [2.24, 2.45) is 5.41 Å². The predicted octanol–water partition coefficient (Wildman–Crippen LogP) is -3.64. The molecule has 0 heterocycles. The Hall–Kier alpha value is 0.776. The molecular weight excluding hydrogens is 159 g/mol. The van der Waals surface area contributed by atoms with Gasteiger partial charge in [-0.15, -0.1) is 0 Å². The van der Waals surface area contributed by atoms with E-state index >= 15 is 0 Å². The van der Waals surface area contributed by atoms with Gasteiger partial charge >= 0.3 is 51.4 Å². The number of hydrogen-bond acceptors (Lipinski definition) is 3. The quantitative estimate of drug-likeness (QED) is 0.300. The van der Waals surface area contributed by atoms with Gasteiger partial charge in [-0.2, -0.15) is 0 Å². The van der Waals surface area contributed by atoms with Crippen LogP contribution in [0.4, 0.5) is 0 Å². The van der Waals surface area contributed by atoms with Gasteiger partial charge in [0.1, 0.15) is 5.97 Å². The number of carbonyl (C=O) groups excluding carboxylic acids is 2. The molecule has 0 aromatic rings. The molecule has 0 fully saturated rings. The molecule has 0 saturated carbocycles. The predicted molar refractivity (Wildman–Crippen MR) is 29.5 cm³/mol. The molecule has 0 unspecified atom stereocenters. The summed E-state index contributed by atoms with van der Waals surface area (Å²) in [6.45, 7) is 4.60. The topological polar surface area (TPSA) is 57.2 Å². The zero-order chi connectivity index (χ0) is 7.65. The minimum Gasteiger partial charge on any atom is -0.542 e. The van der Waals surface area contributed by atoms with E-state index in [1.807, 2.05) is 0 Å². The van der Waals surface area contributed by atoms with E-state index in [2.05, 4.69) is 0 Å². The van der Waals surface area contributed by atoms with Crippen LogP contribution in [-0.4, -0.2) is 11.8 Å². The third kappa shape index (κ3) is 4.57. The molecule has 4 heteroatoms. The number of carbonyl (C=O) groups is 2. The van der Waals surface area contributed by atoms with Crippen LogP contribution in [-0.2, 0) is 9.59 Å². The third-order valence-corrected chi connectivity index (χ3v) is 0.867. The Morgan fingerprint density at radius 1 is 1.20 bits per heavy atom. The molecule has 0 bridgehead atoms. The number of aliphatic carboxylic acids is 1. The maximum Gasteiger partial charge on any atom is 1.00 e. The van der Waals surface area contributed by atoms with Crippen LogP contribution in [0.3, 0.4) is 0 Å². The molecule has 10 heavy (non-hydrogen) atoms. The summed E-state index contributed by atoms with van der Waals surface area (Å²) in [4.78, 5) is 20.4. The van der Waals surface area contributed by atoms with Crippen LogP contribution < -0.4 is 56.5 Å². The SMILES string of the molecule is CC(C)(C)C(=O)C(=O)[O-].[K+]. The zero-order valence-electron chi connectivity index (χ0n) is 6.72. The molecule has 0 spiro atoms. The van der Waals surface area contributed by atoms with Crippen molar-refractivity contribution in [2.75, 3.05) is 0 Å². The van der Waals surface area contributed by atoms with Crippen molar-refractivity contribution >= 4 is 11.8 Å². The van der Waals surface area contributed by atoms with Crippen molar-refractivity contribution in [3.8, 4) is 0 Å². The van der Waals surface area contributed by atoms with E-state index in [0.29, 0.717) is 0 Å². The van der Waals surface area contributed by atoms with Crippen molar-refractivity contribution in [1.29, 1.82) is 0 Å². The van der Waals surface area contributed by atoms with Crippen molar-refractivity contribution in [3.63, 3.8) is 0 Å². The van der Waals surface area contributed by atoms with Crippen LogP contribution in [0.2, 0.25) is 0 Å². The summed E-state index contributed by atoms with van der Waals surface area (Å²) in [5, 5.41) is 9.89. The second-order valence-corrected chi connectivity index (χ2v) is 2.87. The smallest absolute Gasteiger partial charge is 0.542 e. The average molecular weight is 168 g/mol. The Morgan fingerprint density at radius 2 is 1.50 bits per heavy atom. The summed E-state index contributed by atoms with van der Waals surface area (Å²) >= 11 is 0. The summed E-state index contributed by atoms with van der Waals surface area (Å²) < 4.78 is 0. The van der Waals surface area contributed by atoms with E-state index in [4.69, 9.17) is 0 Å². The molecule has 0 aromatic heterocycles. The van der Waals surface area contributed by atoms with Crippen molar-refractivity contribution in [3.05, 3.63) is 0 Å². The molecule has 0 N–H and O–H groups in total.